The summed E-state index contributed by atoms with van der Waals surface area (Å²) >= 11 is 0. The highest BCUT2D eigenvalue weighted by Crippen LogP contribution is 2.64. The number of carbonyl (C=O) groups is 1. The molecule has 4 fully saturated rings. The maximum absolute atomic E-state index is 12.8. The van der Waals surface area contributed by atoms with Gasteiger partial charge in [0.15, 0.2) is 11.6 Å². The number of benzene rings is 2. The van der Waals surface area contributed by atoms with Crippen LogP contribution in [0.15, 0.2) is 61.2 Å². The smallest absolute Gasteiger partial charge is 0.226 e. The zero-order valence-corrected chi connectivity index (χ0v) is 29.9. The molecule has 260 valence electrons. The maximum Gasteiger partial charge on any atom is 0.226 e. The fraction of sp³-hybridized carbons (Fsp3) is 0.575. The predicted octanol–water partition coefficient (Wildman–Crippen LogP) is 7.27. The molecule has 0 spiro atoms. The van der Waals surface area contributed by atoms with Crippen molar-refractivity contribution in [2.45, 2.75) is 89.9 Å². The summed E-state index contributed by atoms with van der Waals surface area (Å²) in [6.07, 6.45) is 13.4. The summed E-state index contributed by atoms with van der Waals surface area (Å²) in [5.74, 6) is 4.26. The van der Waals surface area contributed by atoms with Gasteiger partial charge in [0.05, 0.1) is 5.92 Å². The van der Waals surface area contributed by atoms with Crippen LogP contribution >= 0.6 is 0 Å². The summed E-state index contributed by atoms with van der Waals surface area (Å²) in [6, 6.07) is 17.3. The van der Waals surface area contributed by atoms with Crippen LogP contribution in [0, 0.1) is 23.7 Å². The molecule has 2 aliphatic carbocycles. The molecule has 9 heteroatoms. The van der Waals surface area contributed by atoms with Gasteiger partial charge in [-0.05, 0) is 60.4 Å². The number of piperidine rings is 2. The molecular weight excluding hydrogens is 608 g/mol. The molecule has 5 unspecified atom stereocenters. The van der Waals surface area contributed by atoms with Gasteiger partial charge in [0, 0.05) is 48.1 Å². The molecule has 2 N–H and O–H groups in total. The number of nitrogens with zero attached hydrogens (tertiary/aromatic N) is 6. The normalized spacial score (nSPS) is 28.2. The second kappa shape index (κ2) is 14.2. The van der Waals surface area contributed by atoms with Crippen molar-refractivity contribution in [1.29, 1.82) is 0 Å². The van der Waals surface area contributed by atoms with Crippen molar-refractivity contribution in [2.75, 3.05) is 32.7 Å². The summed E-state index contributed by atoms with van der Waals surface area (Å²) in [6.45, 7) is 14.9. The first kappa shape index (κ1) is 33.6. The van der Waals surface area contributed by atoms with Gasteiger partial charge < -0.3 is 9.80 Å². The standard InChI is InChI=1S/C20H26N4O.C20H28N4/c1-3-4-5-6-10-24-12-16-17(19(24)25)20(16,2)15-9-7-8-14(11-15)18-21-13-22-23-18;1-3-4-5-6-10-24-12-17-18(13-24)20(17,2)16-9-7-8-15(11-16)19-21-14-22-23-19/h7-9,11,13,16-17H,3-6,10,12H2,1-2H3,(H,21,22,23);7-9,11,14,17-18H,3-6,10,12-13H2,1-2H3,(H,21,22,23). The fourth-order valence-electron chi connectivity index (χ4n) is 9.20. The number of likely N-dealkylation sites (tertiary alicyclic amines) is 2. The molecule has 2 saturated heterocycles. The Kier molecular flexibility index (Phi) is 9.73. The third-order valence-electron chi connectivity index (χ3n) is 12.5. The third-order valence-corrected chi connectivity index (χ3v) is 12.5. The molecule has 4 aromatic rings. The number of aromatic nitrogens is 6. The Bertz CT molecular complexity index is 1670. The van der Waals surface area contributed by atoms with Gasteiger partial charge >= 0.3 is 0 Å². The van der Waals surface area contributed by atoms with Crippen LogP contribution in [0.3, 0.4) is 0 Å². The van der Waals surface area contributed by atoms with Crippen molar-refractivity contribution in [1.82, 2.24) is 40.2 Å². The van der Waals surface area contributed by atoms with Crippen molar-refractivity contribution in [2.24, 2.45) is 23.7 Å². The van der Waals surface area contributed by atoms with Crippen molar-refractivity contribution in [3.8, 4) is 22.8 Å². The second-order valence-corrected chi connectivity index (χ2v) is 15.4. The minimum atomic E-state index is -0.0208. The topological polar surface area (TPSA) is 107 Å². The molecular formula is C40H54N8O. The molecule has 4 heterocycles. The van der Waals surface area contributed by atoms with Crippen LogP contribution in [0.4, 0.5) is 0 Å². The number of fused-ring (bicyclic) bond motifs is 2. The first-order valence-electron chi connectivity index (χ1n) is 18.8. The van der Waals surface area contributed by atoms with Crippen molar-refractivity contribution in [3.05, 3.63) is 72.3 Å². The second-order valence-electron chi connectivity index (χ2n) is 15.4. The molecule has 49 heavy (non-hydrogen) atoms. The quantitative estimate of drug-likeness (QED) is 0.138. The van der Waals surface area contributed by atoms with Gasteiger partial charge in [0.1, 0.15) is 12.7 Å². The molecule has 2 aromatic heterocycles. The van der Waals surface area contributed by atoms with Crippen molar-refractivity contribution >= 4 is 5.91 Å². The lowest BCUT2D eigenvalue weighted by Gasteiger charge is -2.24. The molecule has 4 aliphatic rings. The monoisotopic (exact) mass is 662 g/mol. The number of H-pyrrole nitrogens is 2. The lowest BCUT2D eigenvalue weighted by Crippen LogP contribution is -2.34. The van der Waals surface area contributed by atoms with Crippen LogP contribution < -0.4 is 0 Å². The fourth-order valence-corrected chi connectivity index (χ4v) is 9.20. The van der Waals surface area contributed by atoms with E-state index in [9.17, 15) is 4.79 Å². The van der Waals surface area contributed by atoms with E-state index in [1.807, 2.05) is 6.07 Å². The van der Waals surface area contributed by atoms with Crippen LogP contribution in [-0.2, 0) is 15.6 Å². The average molecular weight is 663 g/mol. The number of aromatic amines is 2. The molecule has 1 amide bonds. The van der Waals surface area contributed by atoms with E-state index in [1.165, 1.54) is 82.0 Å². The highest BCUT2D eigenvalue weighted by Gasteiger charge is 2.70. The van der Waals surface area contributed by atoms with Crippen LogP contribution in [0.2, 0.25) is 0 Å². The minimum Gasteiger partial charge on any atom is -0.342 e. The summed E-state index contributed by atoms with van der Waals surface area (Å²) in [5, 5.41) is 13.8. The van der Waals surface area contributed by atoms with E-state index in [4.69, 9.17) is 0 Å². The van der Waals surface area contributed by atoms with Crippen LogP contribution in [0.5, 0.6) is 0 Å². The van der Waals surface area contributed by atoms with Crippen molar-refractivity contribution < 1.29 is 4.79 Å². The van der Waals surface area contributed by atoms with Gasteiger partial charge in [-0.15, -0.1) is 0 Å². The summed E-state index contributed by atoms with van der Waals surface area (Å²) < 4.78 is 0. The van der Waals surface area contributed by atoms with Gasteiger partial charge in [0.25, 0.3) is 0 Å². The Morgan fingerprint density at radius 2 is 1.24 bits per heavy atom. The number of carbonyl (C=O) groups excluding carboxylic acids is 1. The van der Waals surface area contributed by atoms with Gasteiger partial charge in [-0.2, -0.15) is 10.2 Å². The highest BCUT2D eigenvalue weighted by atomic mass is 16.2. The molecule has 9 nitrogen and oxygen atoms in total. The lowest BCUT2D eigenvalue weighted by molar-refractivity contribution is -0.130. The van der Waals surface area contributed by atoms with E-state index in [0.29, 0.717) is 17.2 Å². The largest absolute Gasteiger partial charge is 0.342 e. The number of unbranched alkanes of at least 4 members (excludes halogenated alkanes) is 6. The molecule has 2 saturated carbocycles. The van der Waals surface area contributed by atoms with Crippen LogP contribution in [0.25, 0.3) is 22.8 Å². The van der Waals surface area contributed by atoms with Crippen molar-refractivity contribution in [3.63, 3.8) is 0 Å². The van der Waals surface area contributed by atoms with Crippen LogP contribution in [0.1, 0.15) is 90.2 Å². The van der Waals surface area contributed by atoms with Gasteiger partial charge in [-0.25, -0.2) is 9.97 Å². The molecule has 2 aliphatic heterocycles. The third kappa shape index (κ3) is 6.46. The average Bonchev–Trinajstić information content (AvgIpc) is 3.67. The Morgan fingerprint density at radius 1 is 0.694 bits per heavy atom. The van der Waals surface area contributed by atoms with Gasteiger partial charge in [-0.3, -0.25) is 15.0 Å². The number of hydrogen-bond acceptors (Lipinski definition) is 6. The Balaban J connectivity index is 0.000000154. The van der Waals surface area contributed by atoms with Crippen LogP contribution in [-0.4, -0.2) is 78.8 Å². The van der Waals surface area contributed by atoms with Gasteiger partial charge in [-0.1, -0.05) is 103 Å². The molecule has 0 bridgehead atoms. The number of hydrogen-bond donors (Lipinski definition) is 2. The van der Waals surface area contributed by atoms with Gasteiger partial charge in [0.2, 0.25) is 5.91 Å². The lowest BCUT2D eigenvalue weighted by atomic mass is 9.90. The highest BCUT2D eigenvalue weighted by molar-refractivity contribution is 5.88. The maximum atomic E-state index is 12.8. The van der Waals surface area contributed by atoms with E-state index in [1.54, 1.807) is 6.33 Å². The van der Waals surface area contributed by atoms with E-state index in [0.717, 1.165) is 54.1 Å². The van der Waals surface area contributed by atoms with E-state index in [-0.39, 0.29) is 11.3 Å². The first-order valence-corrected chi connectivity index (χ1v) is 18.8. The number of amides is 1. The summed E-state index contributed by atoms with van der Waals surface area (Å²) in [5.41, 5.74) is 5.23. The van der Waals surface area contributed by atoms with E-state index < -0.39 is 0 Å². The molecule has 2 aromatic carbocycles. The zero-order chi connectivity index (χ0) is 34.0. The number of nitrogens with one attached hydrogen (secondary N) is 2. The van der Waals surface area contributed by atoms with E-state index in [2.05, 4.69) is 110 Å². The Morgan fingerprint density at radius 3 is 1.73 bits per heavy atom. The Labute approximate surface area is 291 Å². The summed E-state index contributed by atoms with van der Waals surface area (Å²) in [7, 11) is 0. The predicted molar refractivity (Wildman–Crippen MR) is 194 cm³/mol. The molecule has 8 rings (SSSR count). The Hall–Kier alpha value is -3.85. The molecule has 0 radical (unpaired) electrons. The SMILES string of the molecule is CCCCCCN1CC2C(C1)C2(C)c1cccc(-c2ncn[nH]2)c1.CCCCCCN1CC2C(C1=O)C2(C)c1cccc(-c2ncn[nH]2)c1. The minimum absolute atomic E-state index is 0.0208. The van der Waals surface area contributed by atoms with E-state index >= 15 is 0 Å². The number of rotatable bonds is 14. The molecule has 5 atom stereocenters. The summed E-state index contributed by atoms with van der Waals surface area (Å²) in [4.78, 5) is 26.1. The first-order chi connectivity index (χ1) is 23.9. The zero-order valence-electron chi connectivity index (χ0n) is 29.9.